The summed E-state index contributed by atoms with van der Waals surface area (Å²) in [6.45, 7) is 5.95. The summed E-state index contributed by atoms with van der Waals surface area (Å²) in [5.74, 6) is 0. The van der Waals surface area contributed by atoms with Crippen LogP contribution in [0.15, 0.2) is 35.3 Å². The molecule has 1 aromatic carbocycles. The lowest BCUT2D eigenvalue weighted by Gasteiger charge is -2.21. The molecule has 112 valence electrons. The fourth-order valence-electron chi connectivity index (χ4n) is 2.12. The van der Waals surface area contributed by atoms with Gasteiger partial charge >= 0.3 is 0 Å². The van der Waals surface area contributed by atoms with E-state index < -0.39 is 0 Å². The Morgan fingerprint density at radius 1 is 1.14 bits per heavy atom. The smallest absolute Gasteiger partial charge is 0.287 e. The number of halogens is 2. The van der Waals surface area contributed by atoms with Gasteiger partial charge in [0, 0.05) is 18.1 Å². The molecule has 21 heavy (non-hydrogen) atoms. The number of nitrogens with zero attached hydrogens (tertiary/aromatic N) is 3. The van der Waals surface area contributed by atoms with Crippen LogP contribution in [0.2, 0.25) is 10.0 Å². The summed E-state index contributed by atoms with van der Waals surface area (Å²) in [5.41, 5.74) is 1.34. The van der Waals surface area contributed by atoms with Gasteiger partial charge in [-0.2, -0.15) is 5.10 Å². The Labute approximate surface area is 133 Å². The first-order valence-corrected chi connectivity index (χ1v) is 7.57. The van der Waals surface area contributed by atoms with Crippen molar-refractivity contribution in [3.63, 3.8) is 0 Å². The van der Waals surface area contributed by atoms with Gasteiger partial charge in [0.05, 0.1) is 18.4 Å². The topological polar surface area (TPSA) is 38.1 Å². The first-order chi connectivity index (χ1) is 10.1. The SMILES string of the molecule is CCN(CC)c1cnn(Cc2ccc(Cl)cc2)c(=O)c1Cl. The molecule has 0 spiro atoms. The zero-order valence-corrected chi connectivity index (χ0v) is 13.5. The van der Waals surface area contributed by atoms with E-state index in [1.54, 1.807) is 18.3 Å². The summed E-state index contributed by atoms with van der Waals surface area (Å²) in [4.78, 5) is 14.3. The number of hydrogen-bond acceptors (Lipinski definition) is 3. The molecule has 0 bridgehead atoms. The van der Waals surface area contributed by atoms with E-state index in [4.69, 9.17) is 23.2 Å². The maximum Gasteiger partial charge on any atom is 0.287 e. The van der Waals surface area contributed by atoms with Crippen molar-refractivity contribution in [2.75, 3.05) is 18.0 Å². The van der Waals surface area contributed by atoms with Gasteiger partial charge in [-0.1, -0.05) is 35.3 Å². The third kappa shape index (κ3) is 3.57. The van der Waals surface area contributed by atoms with Crippen LogP contribution in [-0.2, 0) is 6.54 Å². The average Bonchev–Trinajstić information content (AvgIpc) is 2.49. The summed E-state index contributed by atoms with van der Waals surface area (Å²) in [7, 11) is 0. The maximum atomic E-state index is 12.3. The van der Waals surface area contributed by atoms with Crippen molar-refractivity contribution in [1.82, 2.24) is 9.78 Å². The van der Waals surface area contributed by atoms with E-state index in [0.717, 1.165) is 18.7 Å². The van der Waals surface area contributed by atoms with Crippen LogP contribution in [0.5, 0.6) is 0 Å². The Bertz CT molecular complexity index is 664. The Morgan fingerprint density at radius 3 is 2.33 bits per heavy atom. The summed E-state index contributed by atoms with van der Waals surface area (Å²) >= 11 is 12.1. The van der Waals surface area contributed by atoms with E-state index in [-0.39, 0.29) is 10.6 Å². The molecule has 0 amide bonds. The quantitative estimate of drug-likeness (QED) is 0.845. The Morgan fingerprint density at radius 2 is 1.76 bits per heavy atom. The van der Waals surface area contributed by atoms with Gasteiger partial charge in [-0.15, -0.1) is 0 Å². The van der Waals surface area contributed by atoms with E-state index in [1.165, 1.54) is 4.68 Å². The zero-order valence-electron chi connectivity index (χ0n) is 12.0. The fraction of sp³-hybridized carbons (Fsp3) is 0.333. The number of anilines is 1. The van der Waals surface area contributed by atoms with Crippen molar-refractivity contribution >= 4 is 28.9 Å². The van der Waals surface area contributed by atoms with Gasteiger partial charge in [-0.05, 0) is 31.5 Å². The highest BCUT2D eigenvalue weighted by atomic mass is 35.5. The van der Waals surface area contributed by atoms with E-state index in [2.05, 4.69) is 5.10 Å². The highest BCUT2D eigenvalue weighted by molar-refractivity contribution is 6.33. The fourth-order valence-corrected chi connectivity index (χ4v) is 2.51. The van der Waals surface area contributed by atoms with Crippen LogP contribution in [0.25, 0.3) is 0 Å². The van der Waals surface area contributed by atoms with Crippen molar-refractivity contribution in [3.8, 4) is 0 Å². The monoisotopic (exact) mass is 325 g/mol. The lowest BCUT2D eigenvalue weighted by atomic mass is 10.2. The van der Waals surface area contributed by atoms with Crippen molar-refractivity contribution in [2.24, 2.45) is 0 Å². The zero-order chi connectivity index (χ0) is 15.4. The minimum Gasteiger partial charge on any atom is -0.369 e. The van der Waals surface area contributed by atoms with E-state index in [1.807, 2.05) is 30.9 Å². The molecule has 2 rings (SSSR count). The predicted octanol–water partition coefficient (Wildman–Crippen LogP) is 3.44. The van der Waals surface area contributed by atoms with Crippen molar-refractivity contribution < 1.29 is 0 Å². The Balaban J connectivity index is 2.32. The minimum atomic E-state index is -0.281. The van der Waals surface area contributed by atoms with Crippen LogP contribution < -0.4 is 10.5 Å². The van der Waals surface area contributed by atoms with E-state index in [9.17, 15) is 4.79 Å². The van der Waals surface area contributed by atoms with Crippen LogP contribution in [0.4, 0.5) is 5.69 Å². The largest absolute Gasteiger partial charge is 0.369 e. The molecule has 6 heteroatoms. The number of benzene rings is 1. The Kier molecular flexibility index (Phi) is 5.26. The molecule has 0 aliphatic carbocycles. The minimum absolute atomic E-state index is 0.211. The first-order valence-electron chi connectivity index (χ1n) is 6.81. The summed E-state index contributed by atoms with van der Waals surface area (Å²) in [6, 6.07) is 7.30. The van der Waals surface area contributed by atoms with Crippen LogP contribution >= 0.6 is 23.2 Å². The molecule has 0 N–H and O–H groups in total. The van der Waals surface area contributed by atoms with Crippen LogP contribution in [0.1, 0.15) is 19.4 Å². The summed E-state index contributed by atoms with van der Waals surface area (Å²) in [6.07, 6.45) is 1.65. The van der Waals surface area contributed by atoms with Gasteiger partial charge in [-0.3, -0.25) is 4.79 Å². The second-order valence-electron chi connectivity index (χ2n) is 4.61. The molecule has 0 radical (unpaired) electrons. The van der Waals surface area contributed by atoms with Gasteiger partial charge in [0.15, 0.2) is 0 Å². The van der Waals surface area contributed by atoms with Crippen LogP contribution in [-0.4, -0.2) is 22.9 Å². The predicted molar refractivity (Wildman–Crippen MR) is 87.6 cm³/mol. The number of hydrogen-bond donors (Lipinski definition) is 0. The van der Waals surface area contributed by atoms with Crippen molar-refractivity contribution in [2.45, 2.75) is 20.4 Å². The van der Waals surface area contributed by atoms with Gasteiger partial charge in [0.2, 0.25) is 0 Å². The second kappa shape index (κ2) is 6.96. The molecule has 1 aromatic heterocycles. The second-order valence-corrected chi connectivity index (χ2v) is 5.42. The van der Waals surface area contributed by atoms with Gasteiger partial charge in [0.1, 0.15) is 5.02 Å². The number of rotatable bonds is 5. The third-order valence-corrected chi connectivity index (χ3v) is 3.92. The summed E-state index contributed by atoms with van der Waals surface area (Å²) < 4.78 is 1.36. The highest BCUT2D eigenvalue weighted by Gasteiger charge is 2.13. The van der Waals surface area contributed by atoms with Crippen molar-refractivity contribution in [3.05, 3.63) is 56.4 Å². The molecule has 0 atom stereocenters. The van der Waals surface area contributed by atoms with Crippen molar-refractivity contribution in [1.29, 1.82) is 0 Å². The molecule has 0 unspecified atom stereocenters. The average molecular weight is 326 g/mol. The Hall–Kier alpha value is -1.52. The summed E-state index contributed by atoms with van der Waals surface area (Å²) in [5, 5.41) is 5.09. The molecule has 0 aliphatic rings. The molecule has 1 heterocycles. The maximum absolute atomic E-state index is 12.3. The molecule has 4 nitrogen and oxygen atoms in total. The van der Waals surface area contributed by atoms with Crippen LogP contribution in [0, 0.1) is 0 Å². The normalized spacial score (nSPS) is 10.7. The van der Waals surface area contributed by atoms with E-state index in [0.29, 0.717) is 17.3 Å². The lowest BCUT2D eigenvalue weighted by Crippen LogP contribution is -2.29. The first kappa shape index (κ1) is 15.9. The highest BCUT2D eigenvalue weighted by Crippen LogP contribution is 2.20. The number of aromatic nitrogens is 2. The molecule has 0 saturated heterocycles. The standard InChI is InChI=1S/C15H17Cl2N3O/c1-3-19(4-2)13-9-18-20(15(21)14(13)17)10-11-5-7-12(16)8-6-11/h5-9H,3-4,10H2,1-2H3. The van der Waals surface area contributed by atoms with Gasteiger partial charge in [0.25, 0.3) is 5.56 Å². The molecule has 0 aliphatic heterocycles. The third-order valence-electron chi connectivity index (χ3n) is 3.32. The van der Waals surface area contributed by atoms with Crippen LogP contribution in [0.3, 0.4) is 0 Å². The molecule has 0 fully saturated rings. The molecule has 2 aromatic rings. The molecule has 0 saturated carbocycles. The van der Waals surface area contributed by atoms with Gasteiger partial charge in [-0.25, -0.2) is 4.68 Å². The lowest BCUT2D eigenvalue weighted by molar-refractivity contribution is 0.636. The van der Waals surface area contributed by atoms with E-state index >= 15 is 0 Å². The molecular weight excluding hydrogens is 309 g/mol. The molecular formula is C15H17Cl2N3O. The van der Waals surface area contributed by atoms with Gasteiger partial charge < -0.3 is 4.90 Å².